The van der Waals surface area contributed by atoms with Crippen LogP contribution in [0.15, 0.2) is 45.8 Å². The Hall–Kier alpha value is -3.19. The number of nitrogens with one attached hydrogen (secondary N) is 1. The van der Waals surface area contributed by atoms with Crippen LogP contribution in [0.4, 0.5) is 5.69 Å². The van der Waals surface area contributed by atoms with E-state index in [1.165, 1.54) is 16.7 Å². The van der Waals surface area contributed by atoms with Crippen LogP contribution in [-0.4, -0.2) is 29.9 Å². The summed E-state index contributed by atoms with van der Waals surface area (Å²) in [5, 5.41) is 9.70. The first-order chi connectivity index (χ1) is 14.5. The number of fused-ring (bicyclic) bond motifs is 1. The molecule has 7 heteroatoms. The van der Waals surface area contributed by atoms with Gasteiger partial charge in [0.2, 0.25) is 4.80 Å². The van der Waals surface area contributed by atoms with Crippen molar-refractivity contribution in [2.45, 2.75) is 27.7 Å². The Morgan fingerprint density at radius 2 is 1.97 bits per heavy atom. The van der Waals surface area contributed by atoms with E-state index in [1.54, 1.807) is 11.3 Å². The number of anilines is 1. The fraction of sp³-hybridized carbons (Fsp3) is 0.261. The molecule has 154 valence electrons. The predicted molar refractivity (Wildman–Crippen MR) is 122 cm³/mol. The summed E-state index contributed by atoms with van der Waals surface area (Å²) >= 11 is 1.54. The van der Waals surface area contributed by atoms with Gasteiger partial charge in [-0.1, -0.05) is 17.7 Å². The molecule has 6 nitrogen and oxygen atoms in total. The summed E-state index contributed by atoms with van der Waals surface area (Å²) < 4.78 is 7.34. The van der Waals surface area contributed by atoms with E-state index < -0.39 is 0 Å². The van der Waals surface area contributed by atoms with Crippen LogP contribution in [0.2, 0.25) is 0 Å². The largest absolute Gasteiger partial charge is 0.482 e. The molecule has 0 atom stereocenters. The van der Waals surface area contributed by atoms with Gasteiger partial charge < -0.3 is 10.1 Å². The van der Waals surface area contributed by atoms with E-state index in [1.807, 2.05) is 41.4 Å². The number of rotatable bonds is 4. The third-order valence-corrected chi connectivity index (χ3v) is 5.78. The summed E-state index contributed by atoms with van der Waals surface area (Å²) in [5.74, 6) is 0.524. The molecule has 0 saturated heterocycles. The Balaban J connectivity index is 1.80. The Kier molecular flexibility index (Phi) is 5.55. The number of hydrogen-bond acceptors (Lipinski definition) is 5. The zero-order chi connectivity index (χ0) is 21.3. The number of nitrogens with zero attached hydrogens (tertiary/aromatic N) is 3. The molecule has 1 aliphatic rings. The number of aryl methyl sites for hydroxylation is 3. The minimum atomic E-state index is -0.150. The van der Waals surface area contributed by atoms with E-state index in [2.05, 4.69) is 43.2 Å². The summed E-state index contributed by atoms with van der Waals surface area (Å²) in [6.07, 6.45) is 1.90. The molecule has 2 heterocycles. The summed E-state index contributed by atoms with van der Waals surface area (Å²) in [6.45, 7) is 9.03. The van der Waals surface area contributed by atoms with Crippen LogP contribution in [0.3, 0.4) is 0 Å². The summed E-state index contributed by atoms with van der Waals surface area (Å²) in [7, 11) is 0. The van der Waals surface area contributed by atoms with Gasteiger partial charge in [-0.25, -0.2) is 4.68 Å². The van der Waals surface area contributed by atoms with Crippen molar-refractivity contribution in [1.29, 1.82) is 0 Å². The lowest BCUT2D eigenvalue weighted by Crippen LogP contribution is -2.25. The summed E-state index contributed by atoms with van der Waals surface area (Å²) in [5.41, 5.74) is 7.25. The van der Waals surface area contributed by atoms with Crippen LogP contribution >= 0.6 is 11.3 Å². The van der Waals surface area contributed by atoms with Crippen LogP contribution < -0.4 is 14.9 Å². The number of aromatic nitrogens is 1. The van der Waals surface area contributed by atoms with E-state index >= 15 is 0 Å². The zero-order valence-corrected chi connectivity index (χ0v) is 18.3. The number of ether oxygens (including phenoxy) is 1. The molecule has 1 amide bonds. The molecule has 0 saturated carbocycles. The van der Waals surface area contributed by atoms with Gasteiger partial charge in [0.25, 0.3) is 5.91 Å². The first kappa shape index (κ1) is 20.1. The highest BCUT2D eigenvalue weighted by molar-refractivity contribution is 7.07. The number of amides is 1. The lowest BCUT2D eigenvalue weighted by atomic mass is 10.0. The van der Waals surface area contributed by atoms with Gasteiger partial charge in [-0.2, -0.15) is 5.10 Å². The quantitative estimate of drug-likeness (QED) is 0.640. The maximum absolute atomic E-state index is 11.7. The minimum absolute atomic E-state index is 0.0455. The van der Waals surface area contributed by atoms with Crippen LogP contribution in [-0.2, 0) is 4.79 Å². The van der Waals surface area contributed by atoms with Crippen LogP contribution in [0.25, 0.3) is 11.3 Å². The molecule has 1 N–H and O–H groups in total. The normalized spacial score (nSPS) is 14.0. The smallest absolute Gasteiger partial charge is 0.262 e. The summed E-state index contributed by atoms with van der Waals surface area (Å²) in [4.78, 5) is 17.1. The fourth-order valence-electron chi connectivity index (χ4n) is 3.61. The highest BCUT2D eigenvalue weighted by Gasteiger charge is 2.17. The van der Waals surface area contributed by atoms with Crippen LogP contribution in [0, 0.1) is 20.8 Å². The molecule has 0 unspecified atom stereocenters. The van der Waals surface area contributed by atoms with Crippen molar-refractivity contribution in [3.05, 3.63) is 62.8 Å². The maximum atomic E-state index is 11.7. The summed E-state index contributed by atoms with van der Waals surface area (Å²) in [6, 6.07) is 10.1. The predicted octanol–water partition coefficient (Wildman–Crippen LogP) is 4.28. The molecular weight excluding hydrogens is 396 g/mol. The Morgan fingerprint density at radius 1 is 1.20 bits per heavy atom. The number of hydrogen-bond donors (Lipinski definition) is 1. The Bertz CT molecular complexity index is 1200. The second-order valence-corrected chi connectivity index (χ2v) is 8.13. The second kappa shape index (κ2) is 8.28. The van der Waals surface area contributed by atoms with Gasteiger partial charge in [0, 0.05) is 23.1 Å². The minimum Gasteiger partial charge on any atom is -0.482 e. The highest BCUT2D eigenvalue weighted by Crippen LogP contribution is 2.32. The van der Waals surface area contributed by atoms with Crippen molar-refractivity contribution in [3.8, 4) is 17.0 Å². The van der Waals surface area contributed by atoms with Crippen molar-refractivity contribution < 1.29 is 9.53 Å². The van der Waals surface area contributed by atoms with Crippen molar-refractivity contribution in [2.75, 3.05) is 18.5 Å². The number of benzene rings is 2. The third-order valence-electron chi connectivity index (χ3n) is 4.93. The fourth-order valence-corrected chi connectivity index (χ4v) is 4.51. The van der Waals surface area contributed by atoms with E-state index in [0.29, 0.717) is 18.0 Å². The van der Waals surface area contributed by atoms with Crippen molar-refractivity contribution in [2.24, 2.45) is 10.1 Å². The van der Waals surface area contributed by atoms with Crippen molar-refractivity contribution in [3.63, 3.8) is 0 Å². The maximum Gasteiger partial charge on any atom is 0.262 e. The van der Waals surface area contributed by atoms with E-state index in [9.17, 15) is 4.79 Å². The van der Waals surface area contributed by atoms with Crippen LogP contribution in [0.1, 0.15) is 29.2 Å². The molecule has 0 spiro atoms. The van der Waals surface area contributed by atoms with Gasteiger partial charge in [0.1, 0.15) is 5.75 Å². The molecule has 0 fully saturated rings. The van der Waals surface area contributed by atoms with Gasteiger partial charge in [-0.05, 0) is 57.0 Å². The van der Waals surface area contributed by atoms with E-state index in [-0.39, 0.29) is 12.5 Å². The SMILES string of the molecule is CCN=c1scc(-c2ccc3c(c2)NC(=O)CO3)n1N=Cc1c(C)cc(C)cc1C. The first-order valence-electron chi connectivity index (χ1n) is 9.86. The molecule has 30 heavy (non-hydrogen) atoms. The molecule has 2 aromatic carbocycles. The number of carbonyl (C=O) groups is 1. The lowest BCUT2D eigenvalue weighted by Gasteiger charge is -2.18. The van der Waals surface area contributed by atoms with Gasteiger partial charge >= 0.3 is 0 Å². The number of thiazole rings is 1. The Morgan fingerprint density at radius 3 is 2.70 bits per heavy atom. The van der Waals surface area contributed by atoms with E-state index in [0.717, 1.165) is 21.6 Å². The monoisotopic (exact) mass is 420 g/mol. The molecule has 1 aromatic heterocycles. The second-order valence-electron chi connectivity index (χ2n) is 7.29. The average Bonchev–Trinajstić information content (AvgIpc) is 3.09. The molecule has 0 radical (unpaired) electrons. The molecule has 3 aromatic rings. The molecule has 4 rings (SSSR count). The topological polar surface area (TPSA) is 68.0 Å². The number of carbonyl (C=O) groups excluding carboxylic acids is 1. The average molecular weight is 421 g/mol. The molecule has 0 aliphatic carbocycles. The lowest BCUT2D eigenvalue weighted by molar-refractivity contribution is -0.118. The van der Waals surface area contributed by atoms with Crippen LogP contribution in [0.5, 0.6) is 5.75 Å². The third kappa shape index (κ3) is 3.93. The van der Waals surface area contributed by atoms with Gasteiger partial charge in [0.15, 0.2) is 6.61 Å². The van der Waals surface area contributed by atoms with Gasteiger partial charge in [-0.3, -0.25) is 9.79 Å². The zero-order valence-electron chi connectivity index (χ0n) is 17.5. The van der Waals surface area contributed by atoms with Gasteiger partial charge in [0.05, 0.1) is 17.6 Å². The molecule has 1 aliphatic heterocycles. The standard InChI is InChI=1S/C23H24N4O2S/c1-5-24-23-27(25-11-18-15(3)8-14(2)9-16(18)4)20(13-30-23)17-6-7-21-19(10-17)26-22(28)12-29-21/h6-11,13H,5,12H2,1-4H3,(H,26,28). The van der Waals surface area contributed by atoms with Crippen molar-refractivity contribution in [1.82, 2.24) is 4.68 Å². The van der Waals surface area contributed by atoms with Gasteiger partial charge in [-0.15, -0.1) is 11.3 Å². The molecular formula is C23H24N4O2S. The van der Waals surface area contributed by atoms with Crippen molar-refractivity contribution >= 4 is 29.1 Å². The van der Waals surface area contributed by atoms with E-state index in [4.69, 9.17) is 9.84 Å². The highest BCUT2D eigenvalue weighted by atomic mass is 32.1. The molecule has 0 bridgehead atoms. The Labute approximate surface area is 179 Å². The first-order valence-corrected chi connectivity index (χ1v) is 10.7.